The molecule has 0 unspecified atom stereocenters. The molecule has 0 atom stereocenters. The molecule has 2 heteroatoms. The number of aromatic nitrogens is 1. The van der Waals surface area contributed by atoms with Crippen molar-refractivity contribution in [3.63, 3.8) is 0 Å². The largest absolute Gasteiger partial charge is 0.310 e. The second-order valence-corrected chi connectivity index (χ2v) is 16.8. The zero-order chi connectivity index (χ0) is 42.1. The zero-order valence-corrected chi connectivity index (χ0v) is 35.0. The van der Waals surface area contributed by atoms with E-state index in [1.165, 1.54) is 92.4 Å². The number of benzene rings is 12. The summed E-state index contributed by atoms with van der Waals surface area (Å²) in [5, 5.41) is 14.8. The van der Waals surface area contributed by atoms with Crippen LogP contribution >= 0.6 is 0 Å². The smallest absolute Gasteiger partial charge is 0.0561 e. The second-order valence-electron chi connectivity index (χ2n) is 16.8. The average molecular weight is 813 g/mol. The molecule has 13 rings (SSSR count). The summed E-state index contributed by atoms with van der Waals surface area (Å²) >= 11 is 0. The maximum absolute atomic E-state index is 2.49. The Bertz CT molecular complexity index is 3960. The molecular formula is C62H40N2. The third kappa shape index (κ3) is 5.66. The van der Waals surface area contributed by atoms with Crippen molar-refractivity contribution in [2.24, 2.45) is 0 Å². The van der Waals surface area contributed by atoms with Gasteiger partial charge in [-0.25, -0.2) is 0 Å². The highest BCUT2D eigenvalue weighted by atomic mass is 15.1. The van der Waals surface area contributed by atoms with Gasteiger partial charge in [-0.3, -0.25) is 0 Å². The van der Waals surface area contributed by atoms with Crippen LogP contribution in [-0.2, 0) is 0 Å². The van der Waals surface area contributed by atoms with E-state index in [1.807, 2.05) is 0 Å². The third-order valence-corrected chi connectivity index (χ3v) is 13.3. The minimum absolute atomic E-state index is 1.09. The Kier molecular flexibility index (Phi) is 8.25. The van der Waals surface area contributed by atoms with Crippen molar-refractivity contribution in [2.75, 3.05) is 4.90 Å². The summed E-state index contributed by atoms with van der Waals surface area (Å²) in [7, 11) is 0. The molecule has 1 heterocycles. The van der Waals surface area contributed by atoms with Crippen LogP contribution in [0.1, 0.15) is 0 Å². The molecule has 0 bridgehead atoms. The van der Waals surface area contributed by atoms with Gasteiger partial charge < -0.3 is 9.47 Å². The highest BCUT2D eigenvalue weighted by Crippen LogP contribution is 2.48. The number of para-hydroxylation sites is 1. The molecule has 64 heavy (non-hydrogen) atoms. The fourth-order valence-corrected chi connectivity index (χ4v) is 10.5. The number of anilines is 3. The topological polar surface area (TPSA) is 8.17 Å². The fourth-order valence-electron chi connectivity index (χ4n) is 10.5. The van der Waals surface area contributed by atoms with Crippen LogP contribution in [0.15, 0.2) is 243 Å². The molecule has 0 aliphatic rings. The summed E-state index contributed by atoms with van der Waals surface area (Å²) < 4.78 is 2.45. The van der Waals surface area contributed by atoms with Crippen molar-refractivity contribution in [3.8, 4) is 27.9 Å². The Morgan fingerprint density at radius 2 is 0.781 bits per heavy atom. The van der Waals surface area contributed by atoms with Crippen molar-refractivity contribution >= 4 is 92.7 Å². The maximum atomic E-state index is 2.49. The Morgan fingerprint density at radius 1 is 0.266 bits per heavy atom. The fraction of sp³-hybridized carbons (Fsp3) is 0. The van der Waals surface area contributed by atoms with Crippen LogP contribution in [0.3, 0.4) is 0 Å². The van der Waals surface area contributed by atoms with Gasteiger partial charge in [0, 0.05) is 33.2 Å². The van der Waals surface area contributed by atoms with E-state index in [4.69, 9.17) is 0 Å². The second kappa shape index (κ2) is 14.6. The van der Waals surface area contributed by atoms with Gasteiger partial charge in [0.05, 0.1) is 16.7 Å². The molecular weight excluding hydrogens is 773 g/mol. The summed E-state index contributed by atoms with van der Waals surface area (Å²) in [5.41, 5.74) is 11.7. The van der Waals surface area contributed by atoms with Gasteiger partial charge in [0.2, 0.25) is 0 Å². The van der Waals surface area contributed by atoms with Gasteiger partial charge in [-0.15, -0.1) is 0 Å². The van der Waals surface area contributed by atoms with Gasteiger partial charge >= 0.3 is 0 Å². The lowest BCUT2D eigenvalue weighted by atomic mass is 9.85. The predicted octanol–water partition coefficient (Wildman–Crippen LogP) is 17.4. The maximum Gasteiger partial charge on any atom is 0.0561 e. The summed E-state index contributed by atoms with van der Waals surface area (Å²) in [6, 6.07) is 89.3. The highest BCUT2D eigenvalue weighted by Gasteiger charge is 2.23. The number of fused-ring (bicyclic) bond motifs is 10. The number of rotatable bonds is 6. The van der Waals surface area contributed by atoms with E-state index in [1.54, 1.807) is 0 Å². The third-order valence-electron chi connectivity index (χ3n) is 13.3. The van der Waals surface area contributed by atoms with E-state index in [2.05, 4.69) is 252 Å². The van der Waals surface area contributed by atoms with E-state index >= 15 is 0 Å². The zero-order valence-electron chi connectivity index (χ0n) is 35.0. The molecule has 12 aromatic carbocycles. The van der Waals surface area contributed by atoms with Crippen LogP contribution in [0.25, 0.3) is 104 Å². The number of hydrogen-bond donors (Lipinski definition) is 0. The van der Waals surface area contributed by atoms with Gasteiger partial charge in [0.25, 0.3) is 0 Å². The SMILES string of the molecule is c1ccc(-c2c(-c3ccccc3)c3cc(N(c4ccc5c6ccccc6n(-c6ccc7ccccc7c6)c5c4)c4cccc5c4ccc4ccccc45)ccc3c3ccccc23)cc1. The van der Waals surface area contributed by atoms with Gasteiger partial charge in [0.1, 0.15) is 0 Å². The molecule has 0 aliphatic carbocycles. The highest BCUT2D eigenvalue weighted by molar-refractivity contribution is 6.23. The molecule has 298 valence electrons. The summed E-state index contributed by atoms with van der Waals surface area (Å²) in [4.78, 5) is 2.49. The van der Waals surface area contributed by atoms with Gasteiger partial charge in [0.15, 0.2) is 0 Å². The number of hydrogen-bond acceptors (Lipinski definition) is 1. The Labute approximate surface area is 371 Å². The van der Waals surface area contributed by atoms with Crippen LogP contribution in [0.5, 0.6) is 0 Å². The van der Waals surface area contributed by atoms with E-state index in [-0.39, 0.29) is 0 Å². The minimum atomic E-state index is 1.09. The minimum Gasteiger partial charge on any atom is -0.310 e. The molecule has 0 spiro atoms. The standard InChI is InChI=1S/C62H40N2/c1-3-18-43(19-4-1)61-56-26-12-11-24-51(56)52-36-33-47(39-57(52)62(61)44-20-5-2-6-21-44)63(58-29-15-27-50-49-23-10-9-17-42(49)31-35-54(50)58)48-34-37-55-53-25-13-14-28-59(53)64(60(55)40-48)46-32-30-41-16-7-8-22-45(41)38-46/h1-40H. The molecule has 0 amide bonds. The summed E-state index contributed by atoms with van der Waals surface area (Å²) in [5.74, 6) is 0. The molecule has 2 nitrogen and oxygen atoms in total. The lowest BCUT2D eigenvalue weighted by molar-refractivity contribution is 1.18. The summed E-state index contributed by atoms with van der Waals surface area (Å²) in [6.07, 6.45) is 0. The normalized spacial score (nSPS) is 11.8. The molecule has 0 aliphatic heterocycles. The van der Waals surface area contributed by atoms with Crippen molar-refractivity contribution in [1.82, 2.24) is 4.57 Å². The van der Waals surface area contributed by atoms with Crippen LogP contribution in [-0.4, -0.2) is 4.57 Å². The lowest BCUT2D eigenvalue weighted by Gasteiger charge is -2.28. The molecule has 13 aromatic rings. The first-order valence-corrected chi connectivity index (χ1v) is 22.1. The monoisotopic (exact) mass is 812 g/mol. The quantitative estimate of drug-likeness (QED) is 0.152. The van der Waals surface area contributed by atoms with Gasteiger partial charge in [-0.1, -0.05) is 194 Å². The lowest BCUT2D eigenvalue weighted by Crippen LogP contribution is -2.11. The molecule has 0 fully saturated rings. The number of nitrogens with zero attached hydrogens (tertiary/aromatic N) is 2. The molecule has 0 saturated heterocycles. The summed E-state index contributed by atoms with van der Waals surface area (Å²) in [6.45, 7) is 0. The average Bonchev–Trinajstić information content (AvgIpc) is 3.70. The van der Waals surface area contributed by atoms with Crippen LogP contribution < -0.4 is 4.90 Å². The Morgan fingerprint density at radius 3 is 1.56 bits per heavy atom. The van der Waals surface area contributed by atoms with E-state index in [9.17, 15) is 0 Å². The van der Waals surface area contributed by atoms with Crippen molar-refractivity contribution < 1.29 is 0 Å². The van der Waals surface area contributed by atoms with Crippen molar-refractivity contribution in [3.05, 3.63) is 243 Å². The first kappa shape index (κ1) is 36.2. The van der Waals surface area contributed by atoms with E-state index < -0.39 is 0 Å². The van der Waals surface area contributed by atoms with E-state index in [0.29, 0.717) is 0 Å². The molecule has 1 aromatic heterocycles. The van der Waals surface area contributed by atoms with Crippen LogP contribution in [0.2, 0.25) is 0 Å². The predicted molar refractivity (Wildman–Crippen MR) is 274 cm³/mol. The Hall–Kier alpha value is -8.46. The van der Waals surface area contributed by atoms with Gasteiger partial charge in [-0.05, 0) is 119 Å². The molecule has 0 saturated carbocycles. The molecule has 0 radical (unpaired) electrons. The van der Waals surface area contributed by atoms with Crippen molar-refractivity contribution in [2.45, 2.75) is 0 Å². The van der Waals surface area contributed by atoms with Crippen molar-refractivity contribution in [1.29, 1.82) is 0 Å². The Balaban J connectivity index is 1.14. The van der Waals surface area contributed by atoms with E-state index in [0.717, 1.165) is 28.3 Å². The van der Waals surface area contributed by atoms with Crippen LogP contribution in [0.4, 0.5) is 17.1 Å². The first-order chi connectivity index (χ1) is 31.8. The van der Waals surface area contributed by atoms with Crippen LogP contribution in [0, 0.1) is 0 Å². The van der Waals surface area contributed by atoms with Gasteiger partial charge in [-0.2, -0.15) is 0 Å². The first-order valence-electron chi connectivity index (χ1n) is 22.1. The molecule has 0 N–H and O–H groups in total.